The predicted molar refractivity (Wildman–Crippen MR) is 110 cm³/mol. The molecule has 5 nitrogen and oxygen atoms in total. The van der Waals surface area contributed by atoms with Gasteiger partial charge in [0.05, 0.1) is 19.3 Å². The number of aliphatic hydroxyl groups is 1. The second-order valence-electron chi connectivity index (χ2n) is 6.03. The van der Waals surface area contributed by atoms with Crippen molar-refractivity contribution in [1.29, 1.82) is 0 Å². The van der Waals surface area contributed by atoms with Gasteiger partial charge in [0.15, 0.2) is 11.6 Å². The number of esters is 1. The molecular formula is C23H26O5. The van der Waals surface area contributed by atoms with Gasteiger partial charge in [-0.25, -0.2) is 4.79 Å². The van der Waals surface area contributed by atoms with E-state index in [1.165, 1.54) is 20.1 Å². The quantitative estimate of drug-likeness (QED) is 0.596. The van der Waals surface area contributed by atoms with E-state index in [2.05, 4.69) is 11.3 Å². The van der Waals surface area contributed by atoms with E-state index in [1.807, 2.05) is 13.0 Å². The zero-order valence-electron chi connectivity index (χ0n) is 16.7. The molecule has 0 spiro atoms. The Balaban J connectivity index is 0.000000283. The molecule has 0 aliphatic carbocycles. The Bertz CT molecular complexity index is 881. The van der Waals surface area contributed by atoms with Crippen LogP contribution in [0.25, 0.3) is 6.08 Å². The number of aliphatic hydroxyl groups excluding tert-OH is 1. The van der Waals surface area contributed by atoms with Crippen LogP contribution in [0.4, 0.5) is 0 Å². The minimum atomic E-state index is -0.465. The van der Waals surface area contributed by atoms with Crippen LogP contribution in [0.1, 0.15) is 68.5 Å². The van der Waals surface area contributed by atoms with Gasteiger partial charge in [-0.3, -0.25) is 9.59 Å². The molecule has 0 saturated carbocycles. The fraction of sp³-hybridized carbons (Fsp3) is 0.261. The van der Waals surface area contributed by atoms with E-state index in [0.717, 1.165) is 23.1 Å². The minimum Gasteiger partial charge on any atom is -0.465 e. The van der Waals surface area contributed by atoms with Crippen molar-refractivity contribution in [2.45, 2.75) is 33.8 Å². The molecule has 0 unspecified atom stereocenters. The van der Waals surface area contributed by atoms with Gasteiger partial charge >= 0.3 is 5.97 Å². The summed E-state index contributed by atoms with van der Waals surface area (Å²) in [6, 6.07) is 10.4. The van der Waals surface area contributed by atoms with Crippen molar-refractivity contribution >= 4 is 23.6 Å². The van der Waals surface area contributed by atoms with Crippen LogP contribution in [0.15, 0.2) is 43.0 Å². The van der Waals surface area contributed by atoms with Crippen molar-refractivity contribution in [1.82, 2.24) is 0 Å². The van der Waals surface area contributed by atoms with Gasteiger partial charge < -0.3 is 9.84 Å². The zero-order valence-corrected chi connectivity index (χ0v) is 16.7. The molecule has 0 aliphatic heterocycles. The van der Waals surface area contributed by atoms with E-state index < -0.39 is 5.97 Å². The SMILES string of the molecule is C=Cc1c(C(C)=O)cccc1C(=O)OC.CCc1c(CO)cccc1C(C)=O. The van der Waals surface area contributed by atoms with E-state index in [4.69, 9.17) is 5.11 Å². The van der Waals surface area contributed by atoms with Gasteiger partial charge in [-0.1, -0.05) is 49.9 Å². The molecule has 0 radical (unpaired) electrons. The Morgan fingerprint density at radius 2 is 1.54 bits per heavy atom. The Morgan fingerprint density at radius 3 is 2.00 bits per heavy atom. The highest BCUT2D eigenvalue weighted by molar-refractivity contribution is 6.03. The molecule has 0 bridgehead atoms. The maximum Gasteiger partial charge on any atom is 0.338 e. The maximum absolute atomic E-state index is 11.4. The standard InChI is InChI=1S/C12H12O3.C11H14O2/c1-4-9-10(8(2)13)6-5-7-11(9)12(14)15-3;1-3-10-9(7-12)5-4-6-11(10)8(2)13/h4-7H,1H2,2-3H3;4-6,12H,3,7H2,1-2H3. The van der Waals surface area contributed by atoms with Crippen molar-refractivity contribution in [3.8, 4) is 0 Å². The number of hydrogen-bond acceptors (Lipinski definition) is 5. The molecule has 0 saturated heterocycles. The second-order valence-corrected chi connectivity index (χ2v) is 6.03. The number of Topliss-reactive ketones (excluding diaryl/α,β-unsaturated/α-hetero) is 2. The van der Waals surface area contributed by atoms with Gasteiger partial charge in [0.1, 0.15) is 0 Å². The molecule has 28 heavy (non-hydrogen) atoms. The van der Waals surface area contributed by atoms with Gasteiger partial charge in [-0.05, 0) is 43.0 Å². The number of benzene rings is 2. The topological polar surface area (TPSA) is 80.7 Å². The predicted octanol–water partition coefficient (Wildman–Crippen LogP) is 4.26. The van der Waals surface area contributed by atoms with Crippen LogP contribution >= 0.6 is 0 Å². The van der Waals surface area contributed by atoms with E-state index in [0.29, 0.717) is 16.7 Å². The summed E-state index contributed by atoms with van der Waals surface area (Å²) in [5, 5.41) is 9.04. The summed E-state index contributed by atoms with van der Waals surface area (Å²) in [5.74, 6) is -0.504. The smallest absolute Gasteiger partial charge is 0.338 e. The Morgan fingerprint density at radius 1 is 1.00 bits per heavy atom. The molecule has 0 amide bonds. The molecule has 2 rings (SSSR count). The third-order valence-corrected chi connectivity index (χ3v) is 4.27. The van der Waals surface area contributed by atoms with Crippen LogP contribution in [0.3, 0.4) is 0 Å². The van der Waals surface area contributed by atoms with Crippen LogP contribution in [-0.4, -0.2) is 29.8 Å². The lowest BCUT2D eigenvalue weighted by Gasteiger charge is -2.08. The van der Waals surface area contributed by atoms with E-state index in [-0.39, 0.29) is 18.2 Å². The second kappa shape index (κ2) is 10.9. The molecule has 2 aromatic rings. The lowest BCUT2D eigenvalue weighted by atomic mass is 9.97. The third kappa shape index (κ3) is 5.47. The Labute approximate surface area is 165 Å². The summed E-state index contributed by atoms with van der Waals surface area (Å²) in [6.45, 7) is 8.58. The van der Waals surface area contributed by atoms with Gasteiger partial charge in [0, 0.05) is 11.1 Å². The van der Waals surface area contributed by atoms with Crippen LogP contribution in [0.2, 0.25) is 0 Å². The van der Waals surface area contributed by atoms with Crippen molar-refractivity contribution in [3.63, 3.8) is 0 Å². The number of hydrogen-bond donors (Lipinski definition) is 1. The number of ether oxygens (including phenoxy) is 1. The largest absolute Gasteiger partial charge is 0.465 e. The van der Waals surface area contributed by atoms with E-state index in [1.54, 1.807) is 37.3 Å². The average Bonchev–Trinajstić information content (AvgIpc) is 2.71. The highest BCUT2D eigenvalue weighted by atomic mass is 16.5. The fourth-order valence-corrected chi connectivity index (χ4v) is 2.91. The van der Waals surface area contributed by atoms with Crippen molar-refractivity contribution in [2.24, 2.45) is 0 Å². The van der Waals surface area contributed by atoms with E-state index in [9.17, 15) is 14.4 Å². The lowest BCUT2D eigenvalue weighted by molar-refractivity contribution is 0.0600. The molecule has 0 aliphatic rings. The molecule has 148 valence electrons. The highest BCUT2D eigenvalue weighted by Crippen LogP contribution is 2.18. The first-order chi connectivity index (χ1) is 13.3. The first-order valence-corrected chi connectivity index (χ1v) is 8.89. The van der Waals surface area contributed by atoms with Gasteiger partial charge in [0.25, 0.3) is 0 Å². The van der Waals surface area contributed by atoms with Crippen LogP contribution in [0, 0.1) is 0 Å². The van der Waals surface area contributed by atoms with Crippen molar-refractivity contribution in [2.75, 3.05) is 7.11 Å². The number of ketones is 2. The summed E-state index contributed by atoms with van der Waals surface area (Å²) in [7, 11) is 1.30. The molecule has 1 N–H and O–H groups in total. The van der Waals surface area contributed by atoms with Crippen LogP contribution in [0.5, 0.6) is 0 Å². The third-order valence-electron chi connectivity index (χ3n) is 4.27. The van der Waals surface area contributed by atoms with E-state index >= 15 is 0 Å². The number of carbonyl (C=O) groups excluding carboxylic acids is 3. The summed E-state index contributed by atoms with van der Waals surface area (Å²) < 4.78 is 4.62. The summed E-state index contributed by atoms with van der Waals surface area (Å²) in [4.78, 5) is 33.9. The summed E-state index contributed by atoms with van der Waals surface area (Å²) in [6.07, 6.45) is 2.27. The molecule has 0 heterocycles. The lowest BCUT2D eigenvalue weighted by Crippen LogP contribution is -2.07. The average molecular weight is 382 g/mol. The molecule has 0 atom stereocenters. The van der Waals surface area contributed by atoms with Crippen molar-refractivity contribution < 1.29 is 24.2 Å². The van der Waals surface area contributed by atoms with Gasteiger partial charge in [-0.2, -0.15) is 0 Å². The van der Waals surface area contributed by atoms with Crippen LogP contribution in [-0.2, 0) is 17.8 Å². The Hall–Kier alpha value is -3.05. The molecular weight excluding hydrogens is 356 g/mol. The number of rotatable bonds is 6. The summed E-state index contributed by atoms with van der Waals surface area (Å²) >= 11 is 0. The monoisotopic (exact) mass is 382 g/mol. The van der Waals surface area contributed by atoms with Gasteiger partial charge in [0.2, 0.25) is 0 Å². The molecule has 0 fully saturated rings. The number of methoxy groups -OCH3 is 1. The zero-order chi connectivity index (χ0) is 21.3. The summed E-state index contributed by atoms with van der Waals surface area (Å²) in [5.41, 5.74) is 3.92. The van der Waals surface area contributed by atoms with Gasteiger partial charge in [-0.15, -0.1) is 0 Å². The fourth-order valence-electron chi connectivity index (χ4n) is 2.91. The first kappa shape index (κ1) is 23.0. The molecule has 5 heteroatoms. The van der Waals surface area contributed by atoms with Crippen LogP contribution < -0.4 is 0 Å². The minimum absolute atomic E-state index is 0.00426. The first-order valence-electron chi connectivity index (χ1n) is 8.89. The maximum atomic E-state index is 11.4. The Kier molecular flexibility index (Phi) is 8.99. The molecule has 0 aromatic heterocycles. The normalized spacial score (nSPS) is 9.75. The molecule has 2 aromatic carbocycles. The van der Waals surface area contributed by atoms with Crippen molar-refractivity contribution in [3.05, 3.63) is 76.4 Å². The highest BCUT2D eigenvalue weighted by Gasteiger charge is 2.14. The number of carbonyl (C=O) groups is 3.